The summed E-state index contributed by atoms with van der Waals surface area (Å²) in [5.41, 5.74) is 0. The van der Waals surface area contributed by atoms with Crippen LogP contribution in [-0.2, 0) is 11.8 Å². The van der Waals surface area contributed by atoms with Gasteiger partial charge < -0.3 is 9.88 Å². The van der Waals surface area contributed by atoms with E-state index in [4.69, 9.17) is 0 Å². The molecular formula is C15H26N4O. The van der Waals surface area contributed by atoms with Crippen LogP contribution in [0.15, 0.2) is 6.33 Å². The first kappa shape index (κ1) is 15.0. The lowest BCUT2D eigenvalue weighted by atomic mass is 9.79. The van der Waals surface area contributed by atoms with Gasteiger partial charge in [-0.3, -0.25) is 4.79 Å². The lowest BCUT2D eigenvalue weighted by Crippen LogP contribution is -2.31. The summed E-state index contributed by atoms with van der Waals surface area (Å²) in [7, 11) is 1.89. The van der Waals surface area contributed by atoms with Gasteiger partial charge >= 0.3 is 0 Å². The minimum atomic E-state index is -0.0893. The van der Waals surface area contributed by atoms with Crippen LogP contribution in [0.3, 0.4) is 0 Å². The molecule has 0 saturated heterocycles. The molecule has 20 heavy (non-hydrogen) atoms. The standard InChI is InChI=1S/C15H26N4O/c1-11(13-7-5-4-6-8-13)9-14(20)17-12(2)15-18-16-10-19(15)3/h10-13H,4-9H2,1-3H3,(H,17,20)/t11-,12-/m1/s1. The highest BCUT2D eigenvalue weighted by molar-refractivity contribution is 5.76. The van der Waals surface area contributed by atoms with Gasteiger partial charge in [0.05, 0.1) is 6.04 Å². The predicted molar refractivity (Wildman–Crippen MR) is 77.9 cm³/mol. The molecule has 5 nitrogen and oxygen atoms in total. The summed E-state index contributed by atoms with van der Waals surface area (Å²) in [6.45, 7) is 4.16. The maximum atomic E-state index is 12.1. The fourth-order valence-electron chi connectivity index (χ4n) is 3.21. The Hall–Kier alpha value is -1.39. The number of amides is 1. The maximum Gasteiger partial charge on any atom is 0.220 e. The molecule has 5 heteroatoms. The first-order valence-corrected chi connectivity index (χ1v) is 7.71. The topological polar surface area (TPSA) is 59.8 Å². The highest BCUT2D eigenvalue weighted by Gasteiger charge is 2.23. The Morgan fingerprint density at radius 3 is 2.70 bits per heavy atom. The van der Waals surface area contributed by atoms with E-state index in [1.807, 2.05) is 18.5 Å². The summed E-state index contributed by atoms with van der Waals surface area (Å²) < 4.78 is 1.84. The van der Waals surface area contributed by atoms with Gasteiger partial charge in [-0.15, -0.1) is 10.2 Å². The molecule has 1 heterocycles. The Balaban J connectivity index is 1.81. The first-order valence-electron chi connectivity index (χ1n) is 7.71. The van der Waals surface area contributed by atoms with Crippen molar-refractivity contribution in [2.24, 2.45) is 18.9 Å². The third-order valence-corrected chi connectivity index (χ3v) is 4.47. The number of hydrogen-bond donors (Lipinski definition) is 1. The molecule has 0 unspecified atom stereocenters. The van der Waals surface area contributed by atoms with Gasteiger partial charge in [-0.25, -0.2) is 0 Å². The van der Waals surface area contributed by atoms with Crippen LogP contribution < -0.4 is 5.32 Å². The van der Waals surface area contributed by atoms with Crippen LogP contribution in [0.2, 0.25) is 0 Å². The van der Waals surface area contributed by atoms with Crippen LogP contribution in [0.25, 0.3) is 0 Å². The van der Waals surface area contributed by atoms with E-state index in [-0.39, 0.29) is 11.9 Å². The average molecular weight is 278 g/mol. The van der Waals surface area contributed by atoms with Crippen molar-refractivity contribution in [2.45, 2.75) is 58.4 Å². The summed E-state index contributed by atoms with van der Waals surface area (Å²) >= 11 is 0. The van der Waals surface area contributed by atoms with Gasteiger partial charge in [0.25, 0.3) is 0 Å². The van der Waals surface area contributed by atoms with Gasteiger partial charge in [0.1, 0.15) is 6.33 Å². The molecule has 0 radical (unpaired) electrons. The Morgan fingerprint density at radius 1 is 1.40 bits per heavy atom. The largest absolute Gasteiger partial charge is 0.346 e. The highest BCUT2D eigenvalue weighted by atomic mass is 16.1. The van der Waals surface area contributed by atoms with Gasteiger partial charge in [-0.1, -0.05) is 39.0 Å². The molecule has 1 saturated carbocycles. The third-order valence-electron chi connectivity index (χ3n) is 4.47. The second-order valence-electron chi connectivity index (χ2n) is 6.17. The van der Waals surface area contributed by atoms with E-state index in [1.165, 1.54) is 32.1 Å². The lowest BCUT2D eigenvalue weighted by Gasteiger charge is -2.27. The average Bonchev–Trinajstić information content (AvgIpc) is 2.86. The van der Waals surface area contributed by atoms with Gasteiger partial charge in [0, 0.05) is 13.5 Å². The summed E-state index contributed by atoms with van der Waals surface area (Å²) in [5, 5.41) is 10.9. The molecule has 112 valence electrons. The van der Waals surface area contributed by atoms with E-state index in [0.717, 1.165) is 11.7 Å². The first-order chi connectivity index (χ1) is 9.58. The second kappa shape index (κ2) is 6.86. The summed E-state index contributed by atoms with van der Waals surface area (Å²) in [4.78, 5) is 12.1. The number of carbonyl (C=O) groups excluding carboxylic acids is 1. The van der Waals surface area contributed by atoms with E-state index in [1.54, 1.807) is 6.33 Å². The van der Waals surface area contributed by atoms with Crippen LogP contribution in [-0.4, -0.2) is 20.7 Å². The molecule has 1 fully saturated rings. The number of aryl methyl sites for hydroxylation is 1. The zero-order chi connectivity index (χ0) is 14.5. The molecule has 2 atom stereocenters. The Bertz CT molecular complexity index is 437. The second-order valence-corrected chi connectivity index (χ2v) is 6.17. The van der Waals surface area contributed by atoms with E-state index >= 15 is 0 Å². The number of rotatable bonds is 5. The van der Waals surface area contributed by atoms with Crippen molar-refractivity contribution >= 4 is 5.91 Å². The van der Waals surface area contributed by atoms with Crippen LogP contribution in [0.5, 0.6) is 0 Å². The Labute approximate surface area is 121 Å². The van der Waals surface area contributed by atoms with Crippen LogP contribution in [0.1, 0.15) is 64.2 Å². The van der Waals surface area contributed by atoms with Crippen molar-refractivity contribution in [3.8, 4) is 0 Å². The van der Waals surface area contributed by atoms with Crippen molar-refractivity contribution in [1.29, 1.82) is 0 Å². The van der Waals surface area contributed by atoms with Gasteiger partial charge in [0.15, 0.2) is 5.82 Å². The van der Waals surface area contributed by atoms with E-state index < -0.39 is 0 Å². The monoisotopic (exact) mass is 278 g/mol. The van der Waals surface area contributed by atoms with Crippen molar-refractivity contribution in [3.63, 3.8) is 0 Å². The van der Waals surface area contributed by atoms with Crippen LogP contribution >= 0.6 is 0 Å². The Morgan fingerprint density at radius 2 is 2.10 bits per heavy atom. The zero-order valence-electron chi connectivity index (χ0n) is 12.8. The number of nitrogens with one attached hydrogen (secondary N) is 1. The number of aromatic nitrogens is 3. The highest BCUT2D eigenvalue weighted by Crippen LogP contribution is 2.31. The molecule has 0 spiro atoms. The molecule has 1 aliphatic carbocycles. The number of nitrogens with zero attached hydrogens (tertiary/aromatic N) is 3. The molecule has 0 bridgehead atoms. The smallest absolute Gasteiger partial charge is 0.220 e. The van der Waals surface area contributed by atoms with Gasteiger partial charge in [-0.05, 0) is 18.8 Å². The fourth-order valence-corrected chi connectivity index (χ4v) is 3.21. The number of hydrogen-bond acceptors (Lipinski definition) is 3. The molecule has 1 aliphatic rings. The van der Waals surface area contributed by atoms with Gasteiger partial charge in [0.2, 0.25) is 5.91 Å². The van der Waals surface area contributed by atoms with Crippen molar-refractivity contribution in [2.75, 3.05) is 0 Å². The molecule has 0 aliphatic heterocycles. The molecule has 0 aromatic carbocycles. The minimum absolute atomic E-state index is 0.0893. The zero-order valence-corrected chi connectivity index (χ0v) is 12.8. The molecular weight excluding hydrogens is 252 g/mol. The molecule has 1 amide bonds. The van der Waals surface area contributed by atoms with Crippen LogP contribution in [0.4, 0.5) is 0 Å². The lowest BCUT2D eigenvalue weighted by molar-refractivity contribution is -0.123. The Kier molecular flexibility index (Phi) is 5.15. The predicted octanol–water partition coefficient (Wildman–Crippen LogP) is 2.60. The molecule has 1 aromatic heterocycles. The summed E-state index contributed by atoms with van der Waals surface area (Å²) in [6, 6.07) is -0.0893. The van der Waals surface area contributed by atoms with Crippen molar-refractivity contribution < 1.29 is 4.79 Å². The molecule has 1 aromatic rings. The number of carbonyl (C=O) groups is 1. The van der Waals surface area contributed by atoms with Crippen molar-refractivity contribution in [1.82, 2.24) is 20.1 Å². The third kappa shape index (κ3) is 3.81. The minimum Gasteiger partial charge on any atom is -0.346 e. The van der Waals surface area contributed by atoms with Crippen molar-refractivity contribution in [3.05, 3.63) is 12.2 Å². The summed E-state index contributed by atoms with van der Waals surface area (Å²) in [6.07, 6.45) is 8.85. The summed E-state index contributed by atoms with van der Waals surface area (Å²) in [5.74, 6) is 2.11. The van der Waals surface area contributed by atoms with E-state index in [0.29, 0.717) is 12.3 Å². The van der Waals surface area contributed by atoms with Gasteiger partial charge in [-0.2, -0.15) is 0 Å². The quantitative estimate of drug-likeness (QED) is 0.900. The SMILES string of the molecule is C[C@H](CC(=O)N[C@H](C)c1nncn1C)C1CCCCC1. The van der Waals surface area contributed by atoms with E-state index in [2.05, 4.69) is 22.4 Å². The fraction of sp³-hybridized carbons (Fsp3) is 0.800. The maximum absolute atomic E-state index is 12.1. The van der Waals surface area contributed by atoms with Crippen LogP contribution in [0, 0.1) is 11.8 Å². The molecule has 1 N–H and O–H groups in total. The normalized spacial score (nSPS) is 19.6. The molecule has 2 rings (SSSR count). The van der Waals surface area contributed by atoms with E-state index in [9.17, 15) is 4.79 Å².